The van der Waals surface area contributed by atoms with E-state index >= 15 is 0 Å². The van der Waals surface area contributed by atoms with Crippen molar-refractivity contribution in [3.63, 3.8) is 0 Å². The van der Waals surface area contributed by atoms with Crippen LogP contribution in [-0.4, -0.2) is 31.0 Å². The van der Waals surface area contributed by atoms with Crippen LogP contribution in [0.4, 0.5) is 5.69 Å². The smallest absolute Gasteiger partial charge is 0.267 e. The first-order chi connectivity index (χ1) is 8.67. The monoisotopic (exact) mass is 268 g/mol. The Hall–Kier alpha value is -1.26. The van der Waals surface area contributed by atoms with E-state index in [-0.39, 0.29) is 5.91 Å². The Kier molecular flexibility index (Phi) is 4.09. The first-order valence-corrected chi connectivity index (χ1v) is 6.58. The zero-order valence-electron chi connectivity index (χ0n) is 10.4. The van der Waals surface area contributed by atoms with E-state index in [0.29, 0.717) is 19.0 Å². The van der Waals surface area contributed by atoms with Crippen LogP contribution in [0.25, 0.3) is 0 Å². The highest BCUT2D eigenvalue weighted by atomic mass is 35.5. The number of alkyl halides is 1. The number of hydrogen-bond donors (Lipinski definition) is 1. The number of carbonyl (C=O) groups excluding carboxylic acids is 1. The molecular formula is C13H17ClN2O2. The Labute approximate surface area is 112 Å². The number of carbonyl (C=O) groups is 1. The number of nitrogens with zero attached hydrogens (tertiary/aromatic N) is 1. The molecule has 1 amide bonds. The molecule has 1 aliphatic heterocycles. The summed E-state index contributed by atoms with van der Waals surface area (Å²) in [5.74, 6) is 1.08. The fraction of sp³-hybridized carbons (Fsp3) is 0.462. The number of benzene rings is 1. The van der Waals surface area contributed by atoms with Crippen LogP contribution < -0.4 is 15.4 Å². The summed E-state index contributed by atoms with van der Waals surface area (Å²) in [7, 11) is 0. The average Bonchev–Trinajstić information content (AvgIpc) is 2.36. The van der Waals surface area contributed by atoms with Gasteiger partial charge in [0, 0.05) is 12.4 Å². The van der Waals surface area contributed by atoms with Gasteiger partial charge in [-0.15, -0.1) is 11.6 Å². The summed E-state index contributed by atoms with van der Waals surface area (Å²) in [6, 6.07) is 5.83. The molecule has 0 aromatic heterocycles. The largest absolute Gasteiger partial charge is 0.479 e. The summed E-state index contributed by atoms with van der Waals surface area (Å²) >= 11 is 5.76. The summed E-state index contributed by atoms with van der Waals surface area (Å²) in [6.07, 6.45) is 0.326. The van der Waals surface area contributed by atoms with E-state index in [4.69, 9.17) is 22.1 Å². The van der Waals surface area contributed by atoms with Crippen LogP contribution in [-0.2, 0) is 11.2 Å². The summed E-state index contributed by atoms with van der Waals surface area (Å²) in [5, 5.41) is 0. The van der Waals surface area contributed by atoms with Crippen molar-refractivity contribution in [2.45, 2.75) is 19.4 Å². The number of nitrogens with two attached hydrogens (primary N) is 1. The number of rotatable bonds is 4. The van der Waals surface area contributed by atoms with Crippen LogP contribution in [0.15, 0.2) is 18.2 Å². The van der Waals surface area contributed by atoms with E-state index < -0.39 is 6.10 Å². The molecule has 1 heterocycles. The molecule has 5 heteroatoms. The Morgan fingerprint density at radius 2 is 2.28 bits per heavy atom. The van der Waals surface area contributed by atoms with Crippen LogP contribution >= 0.6 is 11.6 Å². The van der Waals surface area contributed by atoms with Crippen molar-refractivity contribution in [1.82, 2.24) is 0 Å². The number of hydrogen-bond acceptors (Lipinski definition) is 3. The Morgan fingerprint density at radius 1 is 1.50 bits per heavy atom. The van der Waals surface area contributed by atoms with Gasteiger partial charge in [-0.05, 0) is 37.6 Å². The van der Waals surface area contributed by atoms with Crippen molar-refractivity contribution in [2.75, 3.05) is 23.9 Å². The first-order valence-electron chi connectivity index (χ1n) is 6.04. The van der Waals surface area contributed by atoms with Gasteiger partial charge < -0.3 is 15.4 Å². The zero-order chi connectivity index (χ0) is 13.1. The molecule has 0 saturated carbocycles. The van der Waals surface area contributed by atoms with Gasteiger partial charge in [-0.2, -0.15) is 0 Å². The summed E-state index contributed by atoms with van der Waals surface area (Å²) < 4.78 is 5.59. The summed E-state index contributed by atoms with van der Waals surface area (Å²) in [6.45, 7) is 2.83. The van der Waals surface area contributed by atoms with Crippen molar-refractivity contribution in [3.05, 3.63) is 23.8 Å². The van der Waals surface area contributed by atoms with Gasteiger partial charge in [-0.25, -0.2) is 0 Å². The second-order valence-electron chi connectivity index (χ2n) is 4.28. The van der Waals surface area contributed by atoms with Crippen LogP contribution in [0.2, 0.25) is 0 Å². The second kappa shape index (κ2) is 5.59. The maximum absolute atomic E-state index is 12.1. The highest BCUT2D eigenvalue weighted by Crippen LogP contribution is 2.34. The topological polar surface area (TPSA) is 55.6 Å². The molecule has 0 radical (unpaired) electrons. The fourth-order valence-corrected chi connectivity index (χ4v) is 2.26. The molecule has 4 nitrogen and oxygen atoms in total. The molecule has 0 spiro atoms. The van der Waals surface area contributed by atoms with Crippen LogP contribution in [0.5, 0.6) is 5.75 Å². The predicted molar refractivity (Wildman–Crippen MR) is 72.4 cm³/mol. The summed E-state index contributed by atoms with van der Waals surface area (Å²) in [4.78, 5) is 13.8. The summed E-state index contributed by atoms with van der Waals surface area (Å²) in [5.41, 5.74) is 7.44. The molecule has 2 rings (SSSR count). The minimum Gasteiger partial charge on any atom is -0.479 e. The maximum Gasteiger partial charge on any atom is 0.267 e. The first kappa shape index (κ1) is 13.2. The Balaban J connectivity index is 2.38. The molecule has 0 saturated heterocycles. The van der Waals surface area contributed by atoms with Gasteiger partial charge in [0.1, 0.15) is 5.75 Å². The number of fused-ring (bicyclic) bond motifs is 1. The SMILES string of the molecule is CC1Oc2ccc(CCN)cc2N(CCCl)C1=O. The van der Waals surface area contributed by atoms with E-state index in [2.05, 4.69) is 0 Å². The molecule has 18 heavy (non-hydrogen) atoms. The number of amides is 1. The lowest BCUT2D eigenvalue weighted by Crippen LogP contribution is -2.45. The molecule has 0 fully saturated rings. The van der Waals surface area contributed by atoms with E-state index in [0.717, 1.165) is 23.4 Å². The normalized spacial score (nSPS) is 18.5. The number of halogens is 1. The van der Waals surface area contributed by atoms with Crippen molar-refractivity contribution in [1.29, 1.82) is 0 Å². The molecule has 1 aliphatic rings. The van der Waals surface area contributed by atoms with Gasteiger partial charge in [0.15, 0.2) is 6.10 Å². The van der Waals surface area contributed by atoms with Gasteiger partial charge >= 0.3 is 0 Å². The maximum atomic E-state index is 12.1. The highest BCUT2D eigenvalue weighted by molar-refractivity contribution is 6.18. The van der Waals surface area contributed by atoms with Crippen molar-refractivity contribution < 1.29 is 9.53 Å². The Bertz CT molecular complexity index is 451. The van der Waals surface area contributed by atoms with Crippen LogP contribution in [0.1, 0.15) is 12.5 Å². The van der Waals surface area contributed by atoms with Crippen LogP contribution in [0.3, 0.4) is 0 Å². The third-order valence-electron chi connectivity index (χ3n) is 2.97. The fourth-order valence-electron chi connectivity index (χ4n) is 2.09. The lowest BCUT2D eigenvalue weighted by Gasteiger charge is -2.33. The molecule has 98 valence electrons. The predicted octanol–water partition coefficient (Wildman–Crippen LogP) is 1.54. The standard InChI is InChI=1S/C13H17ClN2O2/c1-9-13(17)16(7-5-14)11-8-10(4-6-15)2-3-12(11)18-9/h2-3,8-9H,4-7,15H2,1H3. The van der Waals surface area contributed by atoms with E-state index in [1.54, 1.807) is 11.8 Å². The zero-order valence-corrected chi connectivity index (χ0v) is 11.1. The molecular weight excluding hydrogens is 252 g/mol. The van der Waals surface area contributed by atoms with E-state index in [1.165, 1.54) is 0 Å². The average molecular weight is 269 g/mol. The van der Waals surface area contributed by atoms with Crippen molar-refractivity contribution >= 4 is 23.2 Å². The second-order valence-corrected chi connectivity index (χ2v) is 4.66. The molecule has 1 aromatic carbocycles. The van der Waals surface area contributed by atoms with Gasteiger partial charge in [-0.1, -0.05) is 6.07 Å². The van der Waals surface area contributed by atoms with E-state index in [1.807, 2.05) is 18.2 Å². The lowest BCUT2D eigenvalue weighted by molar-refractivity contribution is -0.125. The Morgan fingerprint density at radius 3 is 2.94 bits per heavy atom. The van der Waals surface area contributed by atoms with Gasteiger partial charge in [0.05, 0.1) is 5.69 Å². The molecule has 1 unspecified atom stereocenters. The highest BCUT2D eigenvalue weighted by Gasteiger charge is 2.31. The van der Waals surface area contributed by atoms with E-state index in [9.17, 15) is 4.79 Å². The van der Waals surface area contributed by atoms with Crippen LogP contribution in [0, 0.1) is 0 Å². The molecule has 0 bridgehead atoms. The van der Waals surface area contributed by atoms with Gasteiger partial charge in [0.25, 0.3) is 5.91 Å². The van der Waals surface area contributed by atoms with Gasteiger partial charge in [0.2, 0.25) is 0 Å². The molecule has 2 N–H and O–H groups in total. The minimum absolute atomic E-state index is 0.0481. The van der Waals surface area contributed by atoms with Gasteiger partial charge in [-0.3, -0.25) is 4.79 Å². The molecule has 1 aromatic rings. The lowest BCUT2D eigenvalue weighted by atomic mass is 10.1. The quantitative estimate of drug-likeness (QED) is 0.843. The van der Waals surface area contributed by atoms with Crippen molar-refractivity contribution in [2.24, 2.45) is 5.73 Å². The van der Waals surface area contributed by atoms with Crippen molar-refractivity contribution in [3.8, 4) is 5.75 Å². The minimum atomic E-state index is -0.457. The molecule has 0 aliphatic carbocycles. The number of anilines is 1. The molecule has 1 atom stereocenters. The third-order valence-corrected chi connectivity index (χ3v) is 3.14. The third kappa shape index (κ3) is 2.44. The number of ether oxygens (including phenoxy) is 1.